The molecule has 10 heteroatoms. The third-order valence-electron chi connectivity index (χ3n) is 6.16. The summed E-state index contributed by atoms with van der Waals surface area (Å²) in [6.45, 7) is 2.66. The molecule has 1 aromatic heterocycles. The van der Waals surface area contributed by atoms with E-state index in [-0.39, 0.29) is 17.6 Å². The lowest BCUT2D eigenvalue weighted by Gasteiger charge is -2.36. The number of hydrogen-bond donors (Lipinski definition) is 1. The minimum atomic E-state index is -0.155. The molecule has 2 heterocycles. The summed E-state index contributed by atoms with van der Waals surface area (Å²) in [5.74, 6) is 0.482. The third kappa shape index (κ3) is 6.54. The van der Waals surface area contributed by atoms with Crippen molar-refractivity contribution in [1.29, 1.82) is 0 Å². The lowest BCUT2D eigenvalue weighted by atomic mass is 10.1. The van der Waals surface area contributed by atoms with E-state index >= 15 is 0 Å². The number of nitrogens with zero attached hydrogens (tertiary/aromatic N) is 4. The Morgan fingerprint density at radius 1 is 0.895 bits per heavy atom. The molecule has 5 rings (SSSR count). The van der Waals surface area contributed by atoms with Gasteiger partial charge in [-0.2, -0.15) is 0 Å². The Labute approximate surface area is 230 Å². The molecule has 0 spiro atoms. The van der Waals surface area contributed by atoms with Gasteiger partial charge in [0.15, 0.2) is 0 Å². The van der Waals surface area contributed by atoms with Crippen LogP contribution in [0.25, 0.3) is 0 Å². The number of hydrogen-bond acceptors (Lipinski definition) is 7. The zero-order valence-electron chi connectivity index (χ0n) is 20.5. The van der Waals surface area contributed by atoms with Crippen molar-refractivity contribution in [1.82, 2.24) is 15.1 Å². The molecule has 1 aliphatic rings. The van der Waals surface area contributed by atoms with Gasteiger partial charge in [0.1, 0.15) is 0 Å². The molecule has 1 fully saturated rings. The summed E-state index contributed by atoms with van der Waals surface area (Å²) < 4.78 is 5.65. The maximum absolute atomic E-state index is 12.8. The largest absolute Gasteiger partial charge is 0.416 e. The fraction of sp³-hybridized carbons (Fsp3) is 0.214. The smallest absolute Gasteiger partial charge is 0.277 e. The number of thioether (sulfide) groups is 1. The van der Waals surface area contributed by atoms with Gasteiger partial charge in [0.2, 0.25) is 11.8 Å². The first-order chi connectivity index (χ1) is 18.5. The molecule has 3 aromatic carbocycles. The first-order valence-electron chi connectivity index (χ1n) is 12.2. The fourth-order valence-electron chi connectivity index (χ4n) is 4.19. The Morgan fingerprint density at radius 2 is 1.61 bits per heavy atom. The molecule has 4 aromatic rings. The highest BCUT2D eigenvalue weighted by molar-refractivity contribution is 7.99. The molecule has 1 N–H and O–H groups in total. The molecule has 2 amide bonds. The van der Waals surface area contributed by atoms with Gasteiger partial charge in [0.25, 0.3) is 11.1 Å². The molecule has 0 unspecified atom stereocenters. The van der Waals surface area contributed by atoms with Gasteiger partial charge in [0, 0.05) is 37.6 Å². The predicted octanol–water partition coefficient (Wildman–Crippen LogP) is 5.01. The molecular weight excluding hydrogens is 522 g/mol. The van der Waals surface area contributed by atoms with Crippen molar-refractivity contribution in [2.75, 3.05) is 42.1 Å². The summed E-state index contributed by atoms with van der Waals surface area (Å²) in [6.07, 6.45) is 0.555. The van der Waals surface area contributed by atoms with Crippen LogP contribution in [0.1, 0.15) is 21.8 Å². The number of nitrogens with one attached hydrogen (secondary N) is 1. The first-order valence-corrected chi connectivity index (χ1v) is 13.6. The van der Waals surface area contributed by atoms with E-state index in [2.05, 4.69) is 20.4 Å². The van der Waals surface area contributed by atoms with Crippen LogP contribution in [-0.2, 0) is 11.2 Å². The van der Waals surface area contributed by atoms with Gasteiger partial charge in [-0.05, 0) is 42.0 Å². The number of aromatic nitrogens is 2. The molecule has 8 nitrogen and oxygen atoms in total. The van der Waals surface area contributed by atoms with Crippen LogP contribution in [-0.4, -0.2) is 58.8 Å². The molecule has 0 radical (unpaired) electrons. The van der Waals surface area contributed by atoms with Crippen molar-refractivity contribution in [3.63, 3.8) is 0 Å². The van der Waals surface area contributed by atoms with Crippen molar-refractivity contribution in [2.24, 2.45) is 0 Å². The van der Waals surface area contributed by atoms with E-state index in [4.69, 9.17) is 16.0 Å². The Hall–Kier alpha value is -3.82. The number of anilines is 2. The van der Waals surface area contributed by atoms with Gasteiger partial charge < -0.3 is 19.5 Å². The van der Waals surface area contributed by atoms with Crippen molar-refractivity contribution in [2.45, 2.75) is 11.6 Å². The molecule has 1 saturated heterocycles. The van der Waals surface area contributed by atoms with Crippen LogP contribution in [0.5, 0.6) is 0 Å². The van der Waals surface area contributed by atoms with E-state index in [1.165, 1.54) is 11.8 Å². The Kier molecular flexibility index (Phi) is 8.25. The minimum Gasteiger partial charge on any atom is -0.416 e. The first kappa shape index (κ1) is 25.8. The van der Waals surface area contributed by atoms with Crippen LogP contribution in [0.4, 0.5) is 11.4 Å². The Balaban J connectivity index is 1.07. The zero-order chi connectivity index (χ0) is 26.3. The number of benzene rings is 3. The van der Waals surface area contributed by atoms with Crippen LogP contribution in [0.15, 0.2) is 88.5 Å². The number of carbonyl (C=O) groups is 2. The molecule has 38 heavy (non-hydrogen) atoms. The van der Waals surface area contributed by atoms with Crippen molar-refractivity contribution < 1.29 is 14.0 Å². The number of piperazine rings is 1. The number of rotatable bonds is 8. The Morgan fingerprint density at radius 3 is 2.34 bits per heavy atom. The molecule has 0 atom stereocenters. The van der Waals surface area contributed by atoms with Gasteiger partial charge in [0.05, 0.1) is 22.8 Å². The lowest BCUT2D eigenvalue weighted by molar-refractivity contribution is -0.113. The van der Waals surface area contributed by atoms with Gasteiger partial charge in [-0.15, -0.1) is 10.2 Å². The van der Waals surface area contributed by atoms with Crippen LogP contribution in [0, 0.1) is 0 Å². The second-order valence-electron chi connectivity index (χ2n) is 8.77. The van der Waals surface area contributed by atoms with Gasteiger partial charge in [-0.1, -0.05) is 65.8 Å². The third-order valence-corrected chi connectivity index (χ3v) is 7.31. The average molecular weight is 548 g/mol. The molecule has 194 valence electrons. The normalized spacial score (nSPS) is 13.4. The summed E-state index contributed by atoms with van der Waals surface area (Å²) in [7, 11) is 0. The van der Waals surface area contributed by atoms with Crippen LogP contribution < -0.4 is 10.2 Å². The Bertz CT molecular complexity index is 1390. The SMILES string of the molecule is O=C(CSc1nnc(Cc2ccccc2)o1)Nc1ccc(N2CCN(C(=O)c3ccccc3Cl)CC2)cc1. The molecule has 0 aliphatic carbocycles. The highest BCUT2D eigenvalue weighted by Crippen LogP contribution is 2.23. The monoisotopic (exact) mass is 547 g/mol. The highest BCUT2D eigenvalue weighted by atomic mass is 35.5. The second kappa shape index (κ2) is 12.1. The molecular formula is C28H26ClN5O3S. The maximum atomic E-state index is 12.8. The summed E-state index contributed by atoms with van der Waals surface area (Å²) in [6, 6.07) is 24.7. The summed E-state index contributed by atoms with van der Waals surface area (Å²) >= 11 is 7.40. The summed E-state index contributed by atoms with van der Waals surface area (Å²) in [4.78, 5) is 29.3. The standard InChI is InChI=1S/C28H26ClN5O3S/c29-24-9-5-4-8-23(24)27(36)34-16-14-33(15-17-34)22-12-10-21(11-13-22)30-25(35)19-38-28-32-31-26(37-28)18-20-6-2-1-3-7-20/h1-13H,14-19H2,(H,30,35). The van der Waals surface area contributed by atoms with E-state index < -0.39 is 0 Å². The van der Waals surface area contributed by atoms with Gasteiger partial charge in [-0.3, -0.25) is 9.59 Å². The van der Waals surface area contributed by atoms with E-state index in [0.29, 0.717) is 46.9 Å². The van der Waals surface area contributed by atoms with Crippen LogP contribution in [0.2, 0.25) is 5.02 Å². The quantitative estimate of drug-likeness (QED) is 0.310. The summed E-state index contributed by atoms with van der Waals surface area (Å²) in [5, 5.41) is 11.8. The van der Waals surface area contributed by atoms with E-state index in [9.17, 15) is 9.59 Å². The van der Waals surface area contributed by atoms with Crippen LogP contribution in [0.3, 0.4) is 0 Å². The van der Waals surface area contributed by atoms with E-state index in [1.54, 1.807) is 12.1 Å². The topological polar surface area (TPSA) is 91.6 Å². The van der Waals surface area contributed by atoms with Crippen LogP contribution >= 0.6 is 23.4 Å². The molecule has 0 bridgehead atoms. The number of amides is 2. The minimum absolute atomic E-state index is 0.0425. The van der Waals surface area contributed by atoms with Crippen molar-refractivity contribution >= 4 is 46.6 Å². The molecule has 0 saturated carbocycles. The molecule has 1 aliphatic heterocycles. The second-order valence-corrected chi connectivity index (χ2v) is 10.1. The van der Waals surface area contributed by atoms with Gasteiger partial charge >= 0.3 is 0 Å². The van der Waals surface area contributed by atoms with Crippen molar-refractivity contribution in [3.05, 3.63) is 101 Å². The maximum Gasteiger partial charge on any atom is 0.277 e. The highest BCUT2D eigenvalue weighted by Gasteiger charge is 2.23. The van der Waals surface area contributed by atoms with Gasteiger partial charge in [-0.25, -0.2) is 0 Å². The number of carbonyl (C=O) groups excluding carboxylic acids is 2. The zero-order valence-corrected chi connectivity index (χ0v) is 22.1. The summed E-state index contributed by atoms with van der Waals surface area (Å²) in [5.41, 5.74) is 3.37. The fourth-order valence-corrected chi connectivity index (χ4v) is 4.99. The van der Waals surface area contributed by atoms with Crippen molar-refractivity contribution in [3.8, 4) is 0 Å². The van der Waals surface area contributed by atoms with E-state index in [0.717, 1.165) is 24.3 Å². The lowest BCUT2D eigenvalue weighted by Crippen LogP contribution is -2.48. The van der Waals surface area contributed by atoms with E-state index in [1.807, 2.05) is 71.6 Å². The predicted molar refractivity (Wildman–Crippen MR) is 149 cm³/mol. The average Bonchev–Trinajstić information content (AvgIpc) is 3.40. The number of halogens is 1.